The molecule has 0 aliphatic carbocycles. The van der Waals surface area contributed by atoms with E-state index in [1.807, 2.05) is 12.1 Å². The third-order valence-electron chi connectivity index (χ3n) is 5.04. The molecule has 2 aliphatic heterocycles. The van der Waals surface area contributed by atoms with Crippen LogP contribution in [0.5, 0.6) is 17.2 Å². The Hall–Kier alpha value is -3.26. The van der Waals surface area contributed by atoms with Gasteiger partial charge in [0.25, 0.3) is 0 Å². The van der Waals surface area contributed by atoms with Crippen LogP contribution in [0.1, 0.15) is 32.4 Å². The highest BCUT2D eigenvalue weighted by atomic mass is 31.0. The molecule has 2 aromatic carbocycles. The fraction of sp³-hybridized carbons (Fsp3) is 0.304. The summed E-state index contributed by atoms with van der Waals surface area (Å²) >= 11 is 0. The van der Waals surface area contributed by atoms with Gasteiger partial charge in [0.1, 0.15) is 30.0 Å². The summed E-state index contributed by atoms with van der Waals surface area (Å²) < 4.78 is 26.5. The summed E-state index contributed by atoms with van der Waals surface area (Å²) in [7, 11) is -0.343. The molecule has 5 rings (SSSR count). The van der Waals surface area contributed by atoms with Crippen LogP contribution in [0.3, 0.4) is 0 Å². The zero-order chi connectivity index (χ0) is 22.6. The molecule has 3 aromatic rings. The molecule has 0 bridgehead atoms. The zero-order valence-electron chi connectivity index (χ0n) is 17.6. The first-order chi connectivity index (χ1) is 16.1. The Bertz CT molecular complexity index is 1030. The van der Waals surface area contributed by atoms with Crippen molar-refractivity contribution in [1.82, 2.24) is 10.2 Å². The third-order valence-corrected chi connectivity index (χ3v) is 6.12. The van der Waals surface area contributed by atoms with E-state index >= 15 is 0 Å². The molecule has 9 nitrogen and oxygen atoms in total. The van der Waals surface area contributed by atoms with Gasteiger partial charge in [0.15, 0.2) is 10.9 Å². The molecule has 3 unspecified atom stereocenters. The molecule has 3 heterocycles. The van der Waals surface area contributed by atoms with Gasteiger partial charge in [-0.2, -0.15) is 0 Å². The zero-order valence-corrected chi connectivity index (χ0v) is 18.6. The van der Waals surface area contributed by atoms with Gasteiger partial charge >= 0.3 is 11.9 Å². The van der Waals surface area contributed by atoms with Gasteiger partial charge in [-0.3, -0.25) is 0 Å². The lowest BCUT2D eigenvalue weighted by atomic mass is 10.1. The van der Waals surface area contributed by atoms with E-state index in [9.17, 15) is 9.59 Å². The molecule has 0 spiro atoms. The number of carbonyl (C=O) groups excluding carboxylic acids is 2. The third kappa shape index (κ3) is 6.16. The number of aryl methyl sites for hydroxylation is 1. The lowest BCUT2D eigenvalue weighted by Crippen LogP contribution is -2.08. The summed E-state index contributed by atoms with van der Waals surface area (Å²) in [4.78, 5) is 24.8. The standard InChI is InChI=1S/C23H21N2O7P/c26-22(31-16-4-1-14(2-5-16)3-6-18-11-29-18)20-24-25-21(33-20)23(27)32-17-9-7-15(8-10-17)28-12-19-13-30-19/h1-2,4-5,7-10,18-19,33H,3,6,11-13H2. The van der Waals surface area contributed by atoms with Crippen LogP contribution in [0, 0.1) is 0 Å². The van der Waals surface area contributed by atoms with Crippen LogP contribution in [0.15, 0.2) is 48.5 Å². The van der Waals surface area contributed by atoms with Gasteiger partial charge in [0.2, 0.25) is 0 Å². The number of hydrogen-bond acceptors (Lipinski definition) is 9. The molecular weight excluding hydrogens is 447 g/mol. The smallest absolute Gasteiger partial charge is 0.368 e. The van der Waals surface area contributed by atoms with Crippen molar-refractivity contribution in [3.8, 4) is 17.2 Å². The minimum Gasteiger partial charge on any atom is -0.491 e. The van der Waals surface area contributed by atoms with E-state index in [0.29, 0.717) is 30.0 Å². The molecule has 3 atom stereocenters. The van der Waals surface area contributed by atoms with Crippen molar-refractivity contribution in [3.63, 3.8) is 0 Å². The number of nitrogens with zero attached hydrogens (tertiary/aromatic N) is 2. The van der Waals surface area contributed by atoms with Gasteiger partial charge in [-0.15, -0.1) is 10.2 Å². The van der Waals surface area contributed by atoms with E-state index in [-0.39, 0.29) is 25.1 Å². The Kier molecular flexibility index (Phi) is 6.35. The molecular formula is C23H21N2O7P. The highest BCUT2D eigenvalue weighted by molar-refractivity contribution is 7.34. The highest BCUT2D eigenvalue weighted by Crippen LogP contribution is 2.24. The SMILES string of the molecule is O=C(Oc1ccc(CCC2CO2)cc1)c1nnc(C(=O)Oc2ccc(OCC3CO3)cc2)[pH]1. The minimum absolute atomic E-state index is 0.0609. The van der Waals surface area contributed by atoms with Crippen molar-refractivity contribution in [2.75, 3.05) is 19.8 Å². The van der Waals surface area contributed by atoms with Crippen molar-refractivity contribution in [2.45, 2.75) is 25.0 Å². The van der Waals surface area contributed by atoms with Gasteiger partial charge < -0.3 is 23.7 Å². The molecule has 0 N–H and O–H groups in total. The predicted octanol–water partition coefficient (Wildman–Crippen LogP) is 3.06. The topological polar surface area (TPSA) is 113 Å². The fourth-order valence-electron chi connectivity index (χ4n) is 3.00. The molecule has 33 heavy (non-hydrogen) atoms. The second kappa shape index (κ2) is 9.70. The molecule has 0 radical (unpaired) electrons. The molecule has 170 valence electrons. The summed E-state index contributed by atoms with van der Waals surface area (Å²) in [5.74, 6) is 0.102. The summed E-state index contributed by atoms with van der Waals surface area (Å²) in [6.45, 7) is 2.06. The molecule has 0 saturated carbocycles. The van der Waals surface area contributed by atoms with Gasteiger partial charge in [0, 0.05) is 0 Å². The number of hydrogen-bond donors (Lipinski definition) is 0. The Morgan fingerprint density at radius 2 is 1.33 bits per heavy atom. The number of benzene rings is 2. The fourth-order valence-corrected chi connectivity index (χ4v) is 3.73. The van der Waals surface area contributed by atoms with Crippen LogP contribution < -0.4 is 14.2 Å². The Labute approximate surface area is 191 Å². The lowest BCUT2D eigenvalue weighted by molar-refractivity contribution is 0.0722. The first-order valence-corrected chi connectivity index (χ1v) is 11.5. The molecule has 1 aromatic heterocycles. The molecule has 0 amide bonds. The summed E-state index contributed by atoms with van der Waals surface area (Å²) in [6.07, 6.45) is 2.45. The van der Waals surface area contributed by atoms with Crippen molar-refractivity contribution < 1.29 is 33.3 Å². The van der Waals surface area contributed by atoms with Crippen LogP contribution in [-0.4, -0.2) is 54.2 Å². The maximum Gasteiger partial charge on any atom is 0.368 e. The normalized spacial score (nSPS) is 18.7. The second-order valence-electron chi connectivity index (χ2n) is 7.68. The van der Waals surface area contributed by atoms with E-state index in [4.69, 9.17) is 23.7 Å². The quantitative estimate of drug-likeness (QED) is 0.252. The Morgan fingerprint density at radius 3 is 1.88 bits per heavy atom. The molecule has 10 heteroatoms. The van der Waals surface area contributed by atoms with Crippen LogP contribution in [0.4, 0.5) is 0 Å². The first-order valence-electron chi connectivity index (χ1n) is 10.5. The van der Waals surface area contributed by atoms with Crippen LogP contribution in [-0.2, 0) is 15.9 Å². The Morgan fingerprint density at radius 1 is 0.818 bits per heavy atom. The van der Waals surface area contributed by atoms with E-state index in [0.717, 1.165) is 31.6 Å². The molecule has 2 fully saturated rings. The van der Waals surface area contributed by atoms with E-state index in [1.54, 1.807) is 36.4 Å². The summed E-state index contributed by atoms with van der Waals surface area (Å²) in [6, 6.07) is 14.0. The number of esters is 2. The van der Waals surface area contributed by atoms with Gasteiger partial charge in [0.05, 0.1) is 19.3 Å². The van der Waals surface area contributed by atoms with Crippen molar-refractivity contribution in [3.05, 3.63) is 64.9 Å². The lowest BCUT2D eigenvalue weighted by Gasteiger charge is -2.05. The first kappa shape index (κ1) is 21.6. The number of carbonyl (C=O) groups is 2. The van der Waals surface area contributed by atoms with E-state index in [2.05, 4.69) is 10.2 Å². The number of rotatable bonds is 10. The molecule has 2 saturated heterocycles. The van der Waals surface area contributed by atoms with Gasteiger partial charge in [-0.25, -0.2) is 9.59 Å². The highest BCUT2D eigenvalue weighted by Gasteiger charge is 2.23. The monoisotopic (exact) mass is 468 g/mol. The Balaban J connectivity index is 1.12. The van der Waals surface area contributed by atoms with Crippen molar-refractivity contribution in [1.29, 1.82) is 0 Å². The number of ether oxygens (including phenoxy) is 5. The van der Waals surface area contributed by atoms with Gasteiger partial charge in [-0.1, -0.05) is 20.3 Å². The molecule has 2 aliphatic rings. The minimum atomic E-state index is -0.663. The van der Waals surface area contributed by atoms with Gasteiger partial charge in [-0.05, 0) is 54.8 Å². The number of epoxide rings is 2. The summed E-state index contributed by atoms with van der Waals surface area (Å²) in [5.41, 5.74) is 1.28. The van der Waals surface area contributed by atoms with E-state index in [1.165, 1.54) is 0 Å². The maximum absolute atomic E-state index is 12.4. The van der Waals surface area contributed by atoms with E-state index < -0.39 is 11.9 Å². The van der Waals surface area contributed by atoms with Crippen LogP contribution in [0.2, 0.25) is 0 Å². The largest absolute Gasteiger partial charge is 0.491 e. The average molecular weight is 468 g/mol. The maximum atomic E-state index is 12.4. The van der Waals surface area contributed by atoms with Crippen molar-refractivity contribution >= 4 is 20.1 Å². The predicted molar refractivity (Wildman–Crippen MR) is 118 cm³/mol. The average Bonchev–Trinajstić information content (AvgIpc) is 3.77. The number of aromatic nitrogens is 2. The van der Waals surface area contributed by atoms with Crippen LogP contribution in [0.25, 0.3) is 0 Å². The van der Waals surface area contributed by atoms with Crippen LogP contribution >= 0.6 is 8.19 Å². The summed E-state index contributed by atoms with van der Waals surface area (Å²) in [5, 5.41) is 7.61. The van der Waals surface area contributed by atoms with Crippen molar-refractivity contribution in [2.24, 2.45) is 0 Å². The second-order valence-corrected chi connectivity index (χ2v) is 8.87.